The van der Waals surface area contributed by atoms with Gasteiger partial charge in [-0.3, -0.25) is 0 Å². The monoisotopic (exact) mass is 223 g/mol. The Kier molecular flexibility index (Phi) is 2.78. The Morgan fingerprint density at radius 1 is 1.29 bits per heavy atom. The first-order chi connectivity index (χ1) is 6.25. The third-order valence-corrected chi connectivity index (χ3v) is 2.25. The molecule has 5 heteroatoms. The molecule has 0 aromatic heterocycles. The fourth-order valence-electron chi connectivity index (χ4n) is 0.975. The van der Waals surface area contributed by atoms with Gasteiger partial charge in [0.25, 0.3) is 0 Å². The highest BCUT2D eigenvalue weighted by Gasteiger charge is 2.49. The van der Waals surface area contributed by atoms with Crippen LogP contribution < -0.4 is 5.73 Å². The normalized spacial score (nSPS) is 16.4. The Morgan fingerprint density at radius 3 is 2.29 bits per heavy atom. The van der Waals surface area contributed by atoms with Crippen LogP contribution in [-0.4, -0.2) is 6.18 Å². The molecule has 0 spiro atoms. The highest BCUT2D eigenvalue weighted by Crippen LogP contribution is 2.36. The van der Waals surface area contributed by atoms with Gasteiger partial charge in [0, 0.05) is 5.02 Å². The van der Waals surface area contributed by atoms with Crippen molar-refractivity contribution in [3.05, 3.63) is 34.9 Å². The van der Waals surface area contributed by atoms with E-state index in [0.29, 0.717) is 0 Å². The second-order valence-electron chi connectivity index (χ2n) is 3.21. The molecule has 0 bridgehead atoms. The minimum Gasteiger partial charge on any atom is -0.314 e. The van der Waals surface area contributed by atoms with Crippen molar-refractivity contribution in [1.82, 2.24) is 0 Å². The molecule has 1 aromatic rings. The molecule has 0 unspecified atom stereocenters. The van der Waals surface area contributed by atoms with Crippen LogP contribution in [0.4, 0.5) is 13.2 Å². The van der Waals surface area contributed by atoms with Gasteiger partial charge in [0.15, 0.2) is 0 Å². The number of benzene rings is 1. The van der Waals surface area contributed by atoms with Gasteiger partial charge in [0.2, 0.25) is 0 Å². The van der Waals surface area contributed by atoms with Crippen molar-refractivity contribution in [1.29, 1.82) is 0 Å². The summed E-state index contributed by atoms with van der Waals surface area (Å²) in [4.78, 5) is 0. The highest BCUT2D eigenvalue weighted by molar-refractivity contribution is 6.30. The lowest BCUT2D eigenvalue weighted by molar-refractivity contribution is -0.184. The van der Waals surface area contributed by atoms with E-state index in [2.05, 4.69) is 0 Å². The lowest BCUT2D eigenvalue weighted by Crippen LogP contribution is -2.47. The van der Waals surface area contributed by atoms with Gasteiger partial charge in [-0.05, 0) is 24.6 Å². The molecule has 0 aliphatic carbocycles. The van der Waals surface area contributed by atoms with Crippen molar-refractivity contribution in [3.63, 3.8) is 0 Å². The first kappa shape index (κ1) is 11.3. The van der Waals surface area contributed by atoms with Gasteiger partial charge in [-0.15, -0.1) is 0 Å². The summed E-state index contributed by atoms with van der Waals surface area (Å²) in [5.41, 5.74) is 2.79. The van der Waals surface area contributed by atoms with Gasteiger partial charge in [0.05, 0.1) is 0 Å². The van der Waals surface area contributed by atoms with Gasteiger partial charge in [-0.2, -0.15) is 13.2 Å². The minimum absolute atomic E-state index is 0.0440. The molecule has 0 radical (unpaired) electrons. The van der Waals surface area contributed by atoms with E-state index < -0.39 is 11.7 Å². The van der Waals surface area contributed by atoms with E-state index in [1.807, 2.05) is 0 Å². The van der Waals surface area contributed by atoms with Gasteiger partial charge in [0.1, 0.15) is 5.54 Å². The maximum Gasteiger partial charge on any atom is 0.410 e. The van der Waals surface area contributed by atoms with E-state index in [4.69, 9.17) is 17.3 Å². The summed E-state index contributed by atoms with van der Waals surface area (Å²) >= 11 is 5.58. The third-order valence-electron chi connectivity index (χ3n) is 2.01. The molecule has 0 aliphatic rings. The van der Waals surface area contributed by atoms with Crippen LogP contribution in [-0.2, 0) is 5.54 Å². The Morgan fingerprint density at radius 2 is 1.86 bits per heavy atom. The summed E-state index contributed by atoms with van der Waals surface area (Å²) in [6, 6.07) is 5.46. The van der Waals surface area contributed by atoms with E-state index in [1.54, 1.807) is 0 Å². The van der Waals surface area contributed by atoms with Crippen LogP contribution in [0.2, 0.25) is 5.02 Å². The van der Waals surface area contributed by atoms with Crippen LogP contribution in [0.1, 0.15) is 12.5 Å². The van der Waals surface area contributed by atoms with E-state index in [0.717, 1.165) is 6.92 Å². The fraction of sp³-hybridized carbons (Fsp3) is 0.333. The summed E-state index contributed by atoms with van der Waals surface area (Å²) in [5.74, 6) is 0. The van der Waals surface area contributed by atoms with Crippen molar-refractivity contribution >= 4 is 11.6 Å². The van der Waals surface area contributed by atoms with Crippen LogP contribution >= 0.6 is 11.6 Å². The first-order valence-corrected chi connectivity index (χ1v) is 4.24. The van der Waals surface area contributed by atoms with E-state index in [9.17, 15) is 13.2 Å². The number of hydrogen-bond donors (Lipinski definition) is 1. The topological polar surface area (TPSA) is 26.0 Å². The van der Waals surface area contributed by atoms with Crippen molar-refractivity contribution in [2.24, 2.45) is 5.73 Å². The molecule has 0 amide bonds. The van der Waals surface area contributed by atoms with Gasteiger partial charge >= 0.3 is 6.18 Å². The molecular formula is C9H9ClF3N. The summed E-state index contributed by atoms with van der Waals surface area (Å²) in [6.45, 7) is 0.915. The third kappa shape index (κ3) is 2.01. The molecule has 0 saturated heterocycles. The molecule has 2 N–H and O–H groups in total. The SMILES string of the molecule is C[C@](N)(c1cccc(Cl)c1)C(F)(F)F. The van der Waals surface area contributed by atoms with Crippen molar-refractivity contribution in [2.75, 3.05) is 0 Å². The minimum atomic E-state index is -4.49. The smallest absolute Gasteiger partial charge is 0.314 e. The summed E-state index contributed by atoms with van der Waals surface area (Å²) in [6.07, 6.45) is -4.49. The number of alkyl halides is 3. The quantitative estimate of drug-likeness (QED) is 0.778. The molecule has 0 heterocycles. The van der Waals surface area contributed by atoms with Crippen LogP contribution in [0, 0.1) is 0 Å². The van der Waals surface area contributed by atoms with Gasteiger partial charge in [-0.1, -0.05) is 23.7 Å². The van der Waals surface area contributed by atoms with Crippen molar-refractivity contribution < 1.29 is 13.2 Å². The molecular weight excluding hydrogens is 215 g/mol. The van der Waals surface area contributed by atoms with Crippen molar-refractivity contribution in [2.45, 2.75) is 18.6 Å². The van der Waals surface area contributed by atoms with Gasteiger partial charge in [-0.25, -0.2) is 0 Å². The average Bonchev–Trinajstić information content (AvgIpc) is 2.02. The molecule has 0 saturated carbocycles. The van der Waals surface area contributed by atoms with Crippen LogP contribution in [0.3, 0.4) is 0 Å². The fourth-order valence-corrected chi connectivity index (χ4v) is 1.17. The Hall–Kier alpha value is -0.740. The average molecular weight is 224 g/mol. The van der Waals surface area contributed by atoms with Crippen LogP contribution in [0.5, 0.6) is 0 Å². The maximum absolute atomic E-state index is 12.5. The van der Waals surface area contributed by atoms with Gasteiger partial charge < -0.3 is 5.73 Å². The number of rotatable bonds is 1. The standard InChI is InChI=1S/C9H9ClF3N/c1-8(14,9(11,12)13)6-3-2-4-7(10)5-6/h2-5H,14H2,1H3/t8-/m0/s1. The molecule has 1 rings (SSSR count). The maximum atomic E-state index is 12.5. The molecule has 14 heavy (non-hydrogen) atoms. The van der Waals surface area contributed by atoms with E-state index in [-0.39, 0.29) is 10.6 Å². The molecule has 1 atom stereocenters. The lowest BCUT2D eigenvalue weighted by atomic mass is 9.93. The van der Waals surface area contributed by atoms with E-state index in [1.165, 1.54) is 24.3 Å². The van der Waals surface area contributed by atoms with Crippen LogP contribution in [0.25, 0.3) is 0 Å². The number of nitrogens with two attached hydrogens (primary N) is 1. The highest BCUT2D eigenvalue weighted by atomic mass is 35.5. The van der Waals surface area contributed by atoms with Crippen molar-refractivity contribution in [3.8, 4) is 0 Å². The van der Waals surface area contributed by atoms with E-state index >= 15 is 0 Å². The number of halogens is 4. The molecule has 1 aromatic carbocycles. The lowest BCUT2D eigenvalue weighted by Gasteiger charge is -2.28. The Labute approximate surface area is 84.7 Å². The molecule has 0 aliphatic heterocycles. The predicted octanol–water partition coefficient (Wildman–Crippen LogP) is 3.08. The zero-order chi connectivity index (χ0) is 11.0. The molecule has 0 fully saturated rings. The Bertz CT molecular complexity index is 333. The first-order valence-electron chi connectivity index (χ1n) is 3.87. The number of hydrogen-bond acceptors (Lipinski definition) is 1. The second-order valence-corrected chi connectivity index (χ2v) is 3.65. The second kappa shape index (κ2) is 3.44. The molecule has 78 valence electrons. The van der Waals surface area contributed by atoms with Crippen LogP contribution in [0.15, 0.2) is 24.3 Å². The summed E-state index contributed by atoms with van der Waals surface area (Å²) in [7, 11) is 0. The summed E-state index contributed by atoms with van der Waals surface area (Å²) in [5, 5.41) is 0.239. The summed E-state index contributed by atoms with van der Waals surface area (Å²) < 4.78 is 37.4. The zero-order valence-electron chi connectivity index (χ0n) is 7.40. The largest absolute Gasteiger partial charge is 0.410 e. The predicted molar refractivity (Wildman–Crippen MR) is 49.0 cm³/mol. The molecule has 1 nitrogen and oxygen atoms in total. The Balaban J connectivity index is 3.16. The zero-order valence-corrected chi connectivity index (χ0v) is 8.15.